The molecule has 1 amide bonds. The summed E-state index contributed by atoms with van der Waals surface area (Å²) in [5.41, 5.74) is 0.363. The van der Waals surface area contributed by atoms with Crippen molar-refractivity contribution >= 4 is 5.91 Å². The van der Waals surface area contributed by atoms with Gasteiger partial charge in [0.15, 0.2) is 0 Å². The minimum absolute atomic E-state index is 0.312. The summed E-state index contributed by atoms with van der Waals surface area (Å²) in [4.78, 5) is 14.6. The molecule has 1 atom stereocenters. The van der Waals surface area contributed by atoms with Crippen LogP contribution in [-0.4, -0.2) is 50.2 Å². The minimum Gasteiger partial charge on any atom is -0.381 e. The molecule has 3 fully saturated rings. The molecule has 1 saturated carbocycles. The van der Waals surface area contributed by atoms with Gasteiger partial charge in [0.2, 0.25) is 5.91 Å². The van der Waals surface area contributed by atoms with Gasteiger partial charge in [0, 0.05) is 32.2 Å². The lowest BCUT2D eigenvalue weighted by Crippen LogP contribution is -2.42. The van der Waals surface area contributed by atoms with Gasteiger partial charge in [-0.3, -0.25) is 4.79 Å². The van der Waals surface area contributed by atoms with Crippen LogP contribution in [0.5, 0.6) is 0 Å². The van der Waals surface area contributed by atoms with Crippen LogP contribution >= 0.6 is 0 Å². The molecule has 3 aliphatic rings. The van der Waals surface area contributed by atoms with Crippen molar-refractivity contribution in [3.05, 3.63) is 0 Å². The second-order valence-corrected chi connectivity index (χ2v) is 6.16. The SMILES string of the molecule is CN(C(=O)C1CC12CCNCC2)C1CCOCC1. The topological polar surface area (TPSA) is 41.6 Å². The maximum Gasteiger partial charge on any atom is 0.226 e. The molecule has 2 saturated heterocycles. The number of amides is 1. The van der Waals surface area contributed by atoms with Crippen LogP contribution in [-0.2, 0) is 9.53 Å². The summed E-state index contributed by atoms with van der Waals surface area (Å²) in [7, 11) is 1.99. The summed E-state index contributed by atoms with van der Waals surface area (Å²) in [6.07, 6.45) is 5.50. The predicted molar refractivity (Wildman–Crippen MR) is 69.3 cm³/mol. The van der Waals surface area contributed by atoms with Crippen LogP contribution in [0.1, 0.15) is 32.1 Å². The number of carbonyl (C=O) groups excluding carboxylic acids is 1. The molecule has 1 N–H and O–H groups in total. The third-order valence-electron chi connectivity index (χ3n) is 5.17. The van der Waals surface area contributed by atoms with Crippen LogP contribution in [0.15, 0.2) is 0 Å². The molecule has 3 rings (SSSR count). The van der Waals surface area contributed by atoms with Crippen molar-refractivity contribution < 1.29 is 9.53 Å². The average molecular weight is 252 g/mol. The van der Waals surface area contributed by atoms with Gasteiger partial charge < -0.3 is 15.0 Å². The second kappa shape index (κ2) is 4.82. The van der Waals surface area contributed by atoms with Crippen molar-refractivity contribution in [2.24, 2.45) is 11.3 Å². The predicted octanol–water partition coefficient (Wildman–Crippen LogP) is 1.01. The molecule has 1 spiro atoms. The Balaban J connectivity index is 1.58. The van der Waals surface area contributed by atoms with Crippen LogP contribution in [0, 0.1) is 11.3 Å². The van der Waals surface area contributed by atoms with Crippen molar-refractivity contribution in [1.82, 2.24) is 10.2 Å². The molecule has 18 heavy (non-hydrogen) atoms. The smallest absolute Gasteiger partial charge is 0.226 e. The molecule has 1 aliphatic carbocycles. The fourth-order valence-electron chi connectivity index (χ4n) is 3.67. The van der Waals surface area contributed by atoms with Crippen LogP contribution < -0.4 is 5.32 Å². The first kappa shape index (κ1) is 12.4. The summed E-state index contributed by atoms with van der Waals surface area (Å²) in [6, 6.07) is 0.408. The monoisotopic (exact) mass is 252 g/mol. The molecular formula is C14H24N2O2. The van der Waals surface area contributed by atoms with E-state index in [0.717, 1.165) is 45.6 Å². The van der Waals surface area contributed by atoms with Crippen LogP contribution in [0.2, 0.25) is 0 Å². The molecule has 0 radical (unpaired) electrons. The standard InChI is InChI=1S/C14H24N2O2/c1-16(11-2-8-18-9-3-11)13(17)12-10-14(12)4-6-15-7-5-14/h11-12,15H,2-10H2,1H3. The average Bonchev–Trinajstić information content (AvgIpc) is 3.12. The molecule has 0 aromatic carbocycles. The summed E-state index contributed by atoms with van der Waals surface area (Å²) in [5, 5.41) is 3.39. The quantitative estimate of drug-likeness (QED) is 0.797. The summed E-state index contributed by atoms with van der Waals surface area (Å²) in [6.45, 7) is 3.79. The van der Waals surface area contributed by atoms with E-state index in [4.69, 9.17) is 4.74 Å². The normalized spacial score (nSPS) is 31.3. The molecule has 2 aliphatic heterocycles. The molecule has 4 nitrogen and oxygen atoms in total. The first-order chi connectivity index (χ1) is 8.73. The Hall–Kier alpha value is -0.610. The van der Waals surface area contributed by atoms with E-state index in [-0.39, 0.29) is 0 Å². The van der Waals surface area contributed by atoms with Gasteiger partial charge >= 0.3 is 0 Å². The number of nitrogens with zero attached hydrogens (tertiary/aromatic N) is 1. The first-order valence-corrected chi connectivity index (χ1v) is 7.28. The molecule has 2 heterocycles. The highest BCUT2D eigenvalue weighted by atomic mass is 16.5. The number of ether oxygens (including phenoxy) is 1. The van der Waals surface area contributed by atoms with Crippen molar-refractivity contribution in [3.63, 3.8) is 0 Å². The number of rotatable bonds is 2. The fourth-order valence-corrected chi connectivity index (χ4v) is 3.67. The van der Waals surface area contributed by atoms with Crippen molar-refractivity contribution in [1.29, 1.82) is 0 Å². The highest BCUT2D eigenvalue weighted by Crippen LogP contribution is 2.59. The van der Waals surface area contributed by atoms with E-state index in [1.54, 1.807) is 0 Å². The maximum atomic E-state index is 12.5. The number of piperidine rings is 1. The molecule has 102 valence electrons. The van der Waals surface area contributed by atoms with E-state index in [1.807, 2.05) is 11.9 Å². The molecular weight excluding hydrogens is 228 g/mol. The Morgan fingerprint density at radius 3 is 2.61 bits per heavy atom. The third-order valence-corrected chi connectivity index (χ3v) is 5.17. The third kappa shape index (κ3) is 2.16. The largest absolute Gasteiger partial charge is 0.381 e. The van der Waals surface area contributed by atoms with Crippen LogP contribution in [0.25, 0.3) is 0 Å². The zero-order valence-corrected chi connectivity index (χ0v) is 11.3. The summed E-state index contributed by atoms with van der Waals surface area (Å²) < 4.78 is 5.37. The van der Waals surface area contributed by atoms with Gasteiger partial charge in [0.25, 0.3) is 0 Å². The van der Waals surface area contributed by atoms with Crippen LogP contribution in [0.4, 0.5) is 0 Å². The Morgan fingerprint density at radius 1 is 1.28 bits per heavy atom. The number of nitrogens with one attached hydrogen (secondary N) is 1. The summed E-state index contributed by atoms with van der Waals surface area (Å²) in [5.74, 6) is 0.705. The number of carbonyl (C=O) groups is 1. The Kier molecular flexibility index (Phi) is 3.32. The lowest BCUT2D eigenvalue weighted by molar-refractivity contribution is -0.136. The van der Waals surface area contributed by atoms with E-state index in [1.165, 1.54) is 12.8 Å². The molecule has 0 aromatic heterocycles. The van der Waals surface area contributed by atoms with E-state index >= 15 is 0 Å². The molecule has 0 bridgehead atoms. The Labute approximate surface area is 109 Å². The zero-order chi connectivity index (χ0) is 12.6. The Bertz CT molecular complexity index is 316. The van der Waals surface area contributed by atoms with Gasteiger partial charge in [-0.05, 0) is 50.6 Å². The van der Waals surface area contributed by atoms with Gasteiger partial charge in [0.05, 0.1) is 0 Å². The fraction of sp³-hybridized carbons (Fsp3) is 0.929. The second-order valence-electron chi connectivity index (χ2n) is 6.16. The minimum atomic E-state index is 0.312. The molecule has 0 aromatic rings. The van der Waals surface area contributed by atoms with Gasteiger partial charge in [-0.15, -0.1) is 0 Å². The van der Waals surface area contributed by atoms with E-state index in [9.17, 15) is 4.79 Å². The molecule has 1 unspecified atom stereocenters. The maximum absolute atomic E-state index is 12.5. The van der Waals surface area contributed by atoms with Crippen molar-refractivity contribution in [3.8, 4) is 0 Å². The lowest BCUT2D eigenvalue weighted by atomic mass is 9.91. The van der Waals surface area contributed by atoms with Gasteiger partial charge in [0.1, 0.15) is 0 Å². The number of hydrogen-bond donors (Lipinski definition) is 1. The highest BCUT2D eigenvalue weighted by molar-refractivity contribution is 5.82. The van der Waals surface area contributed by atoms with Gasteiger partial charge in [-0.2, -0.15) is 0 Å². The van der Waals surface area contributed by atoms with Crippen molar-refractivity contribution in [2.75, 3.05) is 33.4 Å². The first-order valence-electron chi connectivity index (χ1n) is 7.28. The van der Waals surface area contributed by atoms with Gasteiger partial charge in [-0.25, -0.2) is 0 Å². The summed E-state index contributed by atoms with van der Waals surface area (Å²) >= 11 is 0. The zero-order valence-electron chi connectivity index (χ0n) is 11.3. The Morgan fingerprint density at radius 2 is 1.94 bits per heavy atom. The highest BCUT2D eigenvalue weighted by Gasteiger charge is 2.58. The van der Waals surface area contributed by atoms with E-state index in [2.05, 4.69) is 5.32 Å². The number of hydrogen-bond acceptors (Lipinski definition) is 3. The lowest BCUT2D eigenvalue weighted by Gasteiger charge is -2.32. The van der Waals surface area contributed by atoms with E-state index < -0.39 is 0 Å². The molecule has 4 heteroatoms. The van der Waals surface area contributed by atoms with Crippen LogP contribution in [0.3, 0.4) is 0 Å². The van der Waals surface area contributed by atoms with Gasteiger partial charge in [-0.1, -0.05) is 0 Å². The van der Waals surface area contributed by atoms with Crippen molar-refractivity contribution in [2.45, 2.75) is 38.1 Å². The van der Waals surface area contributed by atoms with E-state index in [0.29, 0.717) is 23.3 Å².